The number of halogens is 1. The first-order valence-electron chi connectivity index (χ1n) is 8.58. The van der Waals surface area contributed by atoms with Crippen LogP contribution in [0.15, 0.2) is 48.7 Å². The topological polar surface area (TPSA) is 69.0 Å². The third-order valence-electron chi connectivity index (χ3n) is 4.30. The van der Waals surface area contributed by atoms with Crippen LogP contribution in [0.3, 0.4) is 0 Å². The molecule has 0 atom stereocenters. The van der Waals surface area contributed by atoms with E-state index in [1.807, 2.05) is 54.1 Å². The summed E-state index contributed by atoms with van der Waals surface area (Å²) in [6, 6.07) is 13.0. The molecule has 0 radical (unpaired) electrons. The average Bonchev–Trinajstić information content (AvgIpc) is 3.27. The lowest BCUT2D eigenvalue weighted by Gasteiger charge is -2.07. The van der Waals surface area contributed by atoms with Gasteiger partial charge in [0.15, 0.2) is 0 Å². The minimum atomic E-state index is -0.149. The number of hydrogen-bond donors (Lipinski definition) is 1. The summed E-state index contributed by atoms with van der Waals surface area (Å²) < 4.78 is 7.05. The summed E-state index contributed by atoms with van der Waals surface area (Å²) in [5.74, 6) is 0.357. The van der Waals surface area contributed by atoms with Crippen molar-refractivity contribution in [3.05, 3.63) is 69.8 Å². The van der Waals surface area contributed by atoms with E-state index in [-0.39, 0.29) is 5.91 Å². The van der Waals surface area contributed by atoms with Crippen LogP contribution in [0.25, 0.3) is 15.9 Å². The molecule has 1 N–H and O–H groups in total. The molecule has 0 fully saturated rings. The predicted molar refractivity (Wildman–Crippen MR) is 111 cm³/mol. The van der Waals surface area contributed by atoms with Crippen molar-refractivity contribution in [2.75, 3.05) is 7.11 Å². The molecule has 1 amide bonds. The number of carbonyl (C=O) groups is 1. The first kappa shape index (κ1) is 18.5. The van der Waals surface area contributed by atoms with Crippen LogP contribution in [-0.2, 0) is 6.54 Å². The fourth-order valence-electron chi connectivity index (χ4n) is 2.95. The minimum Gasteiger partial charge on any atom is -0.481 e. The Balaban J connectivity index is 1.61. The smallest absolute Gasteiger partial charge is 0.261 e. The Morgan fingerprint density at radius 1 is 1.29 bits per heavy atom. The van der Waals surface area contributed by atoms with Gasteiger partial charge >= 0.3 is 0 Å². The molecule has 0 bridgehead atoms. The minimum absolute atomic E-state index is 0.149. The van der Waals surface area contributed by atoms with Crippen molar-refractivity contribution >= 4 is 39.1 Å². The molecular weight excluding hydrogens is 396 g/mol. The SMILES string of the molecule is COc1ncccc1CNC(=O)c1cc2c(C)nn(-c3cccc(Cl)c3)c2s1. The zero-order valence-corrected chi connectivity index (χ0v) is 16.8. The molecule has 0 unspecified atom stereocenters. The molecular formula is C20H17ClN4O2S. The van der Waals surface area contributed by atoms with Crippen LogP contribution < -0.4 is 10.1 Å². The Morgan fingerprint density at radius 2 is 2.14 bits per heavy atom. The maximum Gasteiger partial charge on any atom is 0.261 e. The highest BCUT2D eigenvalue weighted by atomic mass is 35.5. The number of carbonyl (C=O) groups excluding carboxylic acids is 1. The van der Waals surface area contributed by atoms with Crippen LogP contribution in [0, 0.1) is 6.92 Å². The number of hydrogen-bond acceptors (Lipinski definition) is 5. The summed E-state index contributed by atoms with van der Waals surface area (Å²) in [6.45, 7) is 2.27. The fraction of sp³-hybridized carbons (Fsp3) is 0.150. The Bertz CT molecular complexity index is 1170. The molecule has 3 aromatic heterocycles. The van der Waals surface area contributed by atoms with Gasteiger partial charge < -0.3 is 10.1 Å². The largest absolute Gasteiger partial charge is 0.481 e. The first-order valence-corrected chi connectivity index (χ1v) is 9.77. The molecule has 0 aliphatic heterocycles. The molecule has 1 aromatic carbocycles. The molecule has 8 heteroatoms. The van der Waals surface area contributed by atoms with E-state index in [4.69, 9.17) is 16.3 Å². The van der Waals surface area contributed by atoms with Crippen molar-refractivity contribution in [3.8, 4) is 11.6 Å². The summed E-state index contributed by atoms with van der Waals surface area (Å²) in [5, 5.41) is 9.11. The molecule has 0 saturated carbocycles. The van der Waals surface area contributed by atoms with Crippen molar-refractivity contribution < 1.29 is 9.53 Å². The number of fused-ring (bicyclic) bond motifs is 1. The van der Waals surface area contributed by atoms with Gasteiger partial charge in [-0.1, -0.05) is 23.7 Å². The van der Waals surface area contributed by atoms with E-state index in [2.05, 4.69) is 15.4 Å². The number of pyridine rings is 1. The van der Waals surface area contributed by atoms with Crippen LogP contribution in [0.2, 0.25) is 5.02 Å². The zero-order chi connectivity index (χ0) is 19.7. The lowest BCUT2D eigenvalue weighted by Crippen LogP contribution is -2.22. The monoisotopic (exact) mass is 412 g/mol. The van der Waals surface area contributed by atoms with Crippen molar-refractivity contribution in [1.29, 1.82) is 0 Å². The molecule has 0 aliphatic rings. The van der Waals surface area contributed by atoms with Gasteiger partial charge in [-0.25, -0.2) is 9.67 Å². The number of methoxy groups -OCH3 is 1. The summed E-state index contributed by atoms with van der Waals surface area (Å²) in [5.41, 5.74) is 2.54. The van der Waals surface area contributed by atoms with Gasteiger partial charge in [-0.15, -0.1) is 11.3 Å². The van der Waals surface area contributed by atoms with Gasteiger partial charge in [0.25, 0.3) is 5.91 Å². The van der Waals surface area contributed by atoms with Gasteiger partial charge in [-0.2, -0.15) is 5.10 Å². The van der Waals surface area contributed by atoms with E-state index in [0.29, 0.717) is 22.3 Å². The van der Waals surface area contributed by atoms with Crippen molar-refractivity contribution in [2.45, 2.75) is 13.5 Å². The summed E-state index contributed by atoms with van der Waals surface area (Å²) in [7, 11) is 1.56. The molecule has 4 aromatic rings. The average molecular weight is 413 g/mol. The second-order valence-electron chi connectivity index (χ2n) is 6.16. The highest BCUT2D eigenvalue weighted by Gasteiger charge is 2.17. The third-order valence-corrected chi connectivity index (χ3v) is 5.65. The molecule has 4 rings (SSSR count). The number of amides is 1. The standard InChI is InChI=1S/C20H17ClN4O2S/c1-12-16-10-17(18(26)23-11-13-5-4-8-22-19(13)27-2)28-20(16)25(24-12)15-7-3-6-14(21)9-15/h3-10H,11H2,1-2H3,(H,23,26). The fourth-order valence-corrected chi connectivity index (χ4v) is 4.23. The van der Waals surface area contributed by atoms with E-state index in [9.17, 15) is 4.79 Å². The number of ether oxygens (including phenoxy) is 1. The number of nitrogens with one attached hydrogen (secondary N) is 1. The van der Waals surface area contributed by atoms with Crippen LogP contribution in [0.5, 0.6) is 5.88 Å². The van der Waals surface area contributed by atoms with Crippen molar-refractivity contribution in [2.24, 2.45) is 0 Å². The Kier molecular flexibility index (Phi) is 5.02. The predicted octanol–water partition coefficient (Wildman–Crippen LogP) is 4.38. The Morgan fingerprint density at radius 3 is 2.93 bits per heavy atom. The lowest BCUT2D eigenvalue weighted by atomic mass is 10.2. The number of aryl methyl sites for hydroxylation is 1. The van der Waals surface area contributed by atoms with Gasteiger partial charge in [0.2, 0.25) is 5.88 Å². The zero-order valence-electron chi connectivity index (χ0n) is 15.3. The van der Waals surface area contributed by atoms with Gasteiger partial charge in [0.1, 0.15) is 4.83 Å². The van der Waals surface area contributed by atoms with Crippen molar-refractivity contribution in [3.63, 3.8) is 0 Å². The molecule has 6 nitrogen and oxygen atoms in total. The van der Waals surface area contributed by atoms with Crippen LogP contribution >= 0.6 is 22.9 Å². The Hall–Kier alpha value is -2.90. The number of benzene rings is 1. The van der Waals surface area contributed by atoms with E-state index < -0.39 is 0 Å². The van der Waals surface area contributed by atoms with Crippen LogP contribution in [-0.4, -0.2) is 27.8 Å². The maximum absolute atomic E-state index is 12.7. The number of aromatic nitrogens is 3. The van der Waals surface area contributed by atoms with Gasteiger partial charge in [0, 0.05) is 28.7 Å². The number of nitrogens with zero attached hydrogens (tertiary/aromatic N) is 3. The quantitative estimate of drug-likeness (QED) is 0.528. The van der Waals surface area contributed by atoms with Gasteiger partial charge in [0.05, 0.1) is 23.4 Å². The highest BCUT2D eigenvalue weighted by Crippen LogP contribution is 2.31. The molecule has 0 saturated heterocycles. The lowest BCUT2D eigenvalue weighted by molar-refractivity contribution is 0.0954. The Labute approximate surface area is 170 Å². The maximum atomic E-state index is 12.7. The first-order chi connectivity index (χ1) is 13.6. The molecule has 3 heterocycles. The van der Waals surface area contributed by atoms with Crippen molar-refractivity contribution in [1.82, 2.24) is 20.1 Å². The molecule has 142 valence electrons. The van der Waals surface area contributed by atoms with Crippen LogP contribution in [0.4, 0.5) is 0 Å². The molecule has 28 heavy (non-hydrogen) atoms. The highest BCUT2D eigenvalue weighted by molar-refractivity contribution is 7.20. The second-order valence-corrected chi connectivity index (χ2v) is 7.63. The van der Waals surface area contributed by atoms with E-state index >= 15 is 0 Å². The van der Waals surface area contributed by atoms with Gasteiger partial charge in [-0.3, -0.25) is 4.79 Å². The third kappa shape index (κ3) is 3.46. The molecule has 0 spiro atoms. The summed E-state index contributed by atoms with van der Waals surface area (Å²) in [6.07, 6.45) is 1.65. The number of thiophene rings is 1. The van der Waals surface area contributed by atoms with E-state index in [0.717, 1.165) is 27.2 Å². The van der Waals surface area contributed by atoms with Crippen LogP contribution in [0.1, 0.15) is 20.9 Å². The normalized spacial score (nSPS) is 11.0. The van der Waals surface area contributed by atoms with E-state index in [1.165, 1.54) is 11.3 Å². The molecule has 0 aliphatic carbocycles. The number of rotatable bonds is 5. The van der Waals surface area contributed by atoms with Gasteiger partial charge in [-0.05, 0) is 37.3 Å². The second kappa shape index (κ2) is 7.61. The summed E-state index contributed by atoms with van der Waals surface area (Å²) in [4.78, 5) is 18.4. The van der Waals surface area contributed by atoms with E-state index in [1.54, 1.807) is 13.3 Å². The summed E-state index contributed by atoms with van der Waals surface area (Å²) >= 11 is 7.51.